The fourth-order valence-corrected chi connectivity index (χ4v) is 3.53. The number of hydrogen-bond donors (Lipinski definition) is 1. The first kappa shape index (κ1) is 16.7. The maximum absolute atomic E-state index is 12.4. The molecule has 1 aliphatic heterocycles. The van der Waals surface area contributed by atoms with E-state index in [0.29, 0.717) is 19.0 Å². The van der Waals surface area contributed by atoms with E-state index in [1.165, 1.54) is 6.42 Å². The molecule has 2 rings (SSSR count). The zero-order chi connectivity index (χ0) is 15.3. The Morgan fingerprint density at radius 3 is 2.38 bits per heavy atom. The van der Waals surface area contributed by atoms with Crippen molar-refractivity contribution in [2.45, 2.75) is 57.1 Å². The predicted octanol–water partition coefficient (Wildman–Crippen LogP) is 1.22. The number of carbonyl (C=O) groups is 1. The lowest BCUT2D eigenvalue weighted by molar-refractivity contribution is -0.146. The molecule has 0 aromatic heterocycles. The van der Waals surface area contributed by atoms with Crippen LogP contribution in [-0.4, -0.2) is 67.2 Å². The molecule has 0 radical (unpaired) electrons. The highest BCUT2D eigenvalue weighted by atomic mass is 16.5. The zero-order valence-electron chi connectivity index (χ0n) is 13.6. The summed E-state index contributed by atoms with van der Waals surface area (Å²) >= 11 is 0. The summed E-state index contributed by atoms with van der Waals surface area (Å²) in [6.07, 6.45) is 6.11. The first-order chi connectivity index (χ1) is 10.1. The van der Waals surface area contributed by atoms with Crippen LogP contribution >= 0.6 is 0 Å². The highest BCUT2D eigenvalue weighted by molar-refractivity contribution is 5.77. The quantitative estimate of drug-likeness (QED) is 0.767. The van der Waals surface area contributed by atoms with E-state index in [9.17, 15) is 4.79 Å². The van der Waals surface area contributed by atoms with Crippen LogP contribution in [0.15, 0.2) is 0 Å². The molecule has 21 heavy (non-hydrogen) atoms. The minimum atomic E-state index is -0.157. The molecule has 1 saturated heterocycles. The topological polar surface area (TPSA) is 58.8 Å². The Balaban J connectivity index is 1.79. The van der Waals surface area contributed by atoms with Crippen LogP contribution in [-0.2, 0) is 9.53 Å². The van der Waals surface area contributed by atoms with Crippen LogP contribution in [0.1, 0.15) is 45.4 Å². The second-order valence-electron chi connectivity index (χ2n) is 6.51. The van der Waals surface area contributed by atoms with Crippen molar-refractivity contribution >= 4 is 5.91 Å². The van der Waals surface area contributed by atoms with Gasteiger partial charge in [-0.25, -0.2) is 0 Å². The normalized spacial score (nSPS) is 23.7. The number of carbonyl (C=O) groups excluding carboxylic acids is 1. The molecule has 2 fully saturated rings. The molecule has 1 unspecified atom stereocenters. The maximum Gasteiger partial charge on any atom is 0.225 e. The van der Waals surface area contributed by atoms with Crippen molar-refractivity contribution in [3.63, 3.8) is 0 Å². The van der Waals surface area contributed by atoms with E-state index in [-0.39, 0.29) is 11.5 Å². The Kier molecular flexibility index (Phi) is 6.02. The van der Waals surface area contributed by atoms with Crippen LogP contribution in [0.4, 0.5) is 0 Å². The Hall–Kier alpha value is -0.650. The van der Waals surface area contributed by atoms with Crippen molar-refractivity contribution in [3.8, 4) is 0 Å². The van der Waals surface area contributed by atoms with Crippen LogP contribution in [0, 0.1) is 0 Å². The first-order valence-electron chi connectivity index (χ1n) is 8.41. The molecule has 2 aliphatic rings. The van der Waals surface area contributed by atoms with Gasteiger partial charge in [-0.1, -0.05) is 13.3 Å². The molecule has 1 saturated carbocycles. The molecule has 0 aromatic rings. The summed E-state index contributed by atoms with van der Waals surface area (Å²) in [7, 11) is 1.74. The van der Waals surface area contributed by atoms with Gasteiger partial charge < -0.3 is 15.4 Å². The molecule has 0 aromatic carbocycles. The van der Waals surface area contributed by atoms with Crippen molar-refractivity contribution in [1.29, 1.82) is 0 Å². The van der Waals surface area contributed by atoms with E-state index in [1.807, 2.05) is 4.90 Å². The van der Waals surface area contributed by atoms with Gasteiger partial charge in [0.25, 0.3) is 0 Å². The molecule has 5 heteroatoms. The van der Waals surface area contributed by atoms with Gasteiger partial charge in [0.15, 0.2) is 0 Å². The number of nitrogens with two attached hydrogens (primary N) is 1. The van der Waals surface area contributed by atoms with Gasteiger partial charge in [0, 0.05) is 45.9 Å². The van der Waals surface area contributed by atoms with Gasteiger partial charge in [-0.3, -0.25) is 9.69 Å². The fraction of sp³-hybridized carbons (Fsp3) is 0.938. The van der Waals surface area contributed by atoms with Crippen molar-refractivity contribution < 1.29 is 9.53 Å². The lowest BCUT2D eigenvalue weighted by Gasteiger charge is -2.43. The number of ether oxygens (including phenoxy) is 1. The molecular weight excluding hydrogens is 266 g/mol. The van der Waals surface area contributed by atoms with Crippen molar-refractivity contribution in [2.75, 3.05) is 39.8 Å². The number of amides is 1. The minimum absolute atomic E-state index is 0.157. The number of methoxy groups -OCH3 is 1. The molecule has 0 spiro atoms. The lowest BCUT2D eigenvalue weighted by Crippen LogP contribution is -2.55. The Bertz CT molecular complexity index is 331. The summed E-state index contributed by atoms with van der Waals surface area (Å²) < 4.78 is 5.57. The summed E-state index contributed by atoms with van der Waals surface area (Å²) in [5, 5.41) is 0. The van der Waals surface area contributed by atoms with Crippen LogP contribution in [0.2, 0.25) is 0 Å². The Morgan fingerprint density at radius 1 is 1.29 bits per heavy atom. The van der Waals surface area contributed by atoms with Gasteiger partial charge in [-0.15, -0.1) is 0 Å². The molecule has 2 N–H and O–H groups in total. The first-order valence-corrected chi connectivity index (χ1v) is 8.41. The van der Waals surface area contributed by atoms with Gasteiger partial charge in [0.2, 0.25) is 5.91 Å². The van der Waals surface area contributed by atoms with Crippen molar-refractivity contribution in [1.82, 2.24) is 9.80 Å². The van der Waals surface area contributed by atoms with Gasteiger partial charge in [0.05, 0.1) is 12.0 Å². The lowest BCUT2D eigenvalue weighted by atomic mass is 9.77. The molecule has 122 valence electrons. The fourth-order valence-electron chi connectivity index (χ4n) is 3.53. The molecule has 1 aliphatic carbocycles. The van der Waals surface area contributed by atoms with Gasteiger partial charge in [-0.05, 0) is 25.7 Å². The molecular formula is C16H31N3O2. The summed E-state index contributed by atoms with van der Waals surface area (Å²) in [6, 6.07) is 0.476. The summed E-state index contributed by atoms with van der Waals surface area (Å²) in [5.74, 6) is 0.260. The zero-order valence-corrected chi connectivity index (χ0v) is 13.6. The minimum Gasteiger partial charge on any atom is -0.378 e. The van der Waals surface area contributed by atoms with Crippen molar-refractivity contribution in [3.05, 3.63) is 0 Å². The van der Waals surface area contributed by atoms with E-state index in [4.69, 9.17) is 10.5 Å². The van der Waals surface area contributed by atoms with E-state index in [2.05, 4.69) is 11.8 Å². The van der Waals surface area contributed by atoms with Crippen LogP contribution < -0.4 is 5.73 Å². The van der Waals surface area contributed by atoms with Crippen molar-refractivity contribution in [2.24, 2.45) is 5.73 Å². The van der Waals surface area contributed by atoms with Gasteiger partial charge in [0.1, 0.15) is 0 Å². The second-order valence-corrected chi connectivity index (χ2v) is 6.51. The highest BCUT2D eigenvalue weighted by Crippen LogP contribution is 2.38. The number of nitrogens with zero attached hydrogens (tertiary/aromatic N) is 2. The molecule has 1 heterocycles. The van der Waals surface area contributed by atoms with Gasteiger partial charge in [-0.2, -0.15) is 0 Å². The molecule has 0 bridgehead atoms. The van der Waals surface area contributed by atoms with E-state index >= 15 is 0 Å². The highest BCUT2D eigenvalue weighted by Gasteiger charge is 2.40. The number of rotatable bonds is 7. The molecule has 1 amide bonds. The van der Waals surface area contributed by atoms with E-state index in [0.717, 1.165) is 51.9 Å². The smallest absolute Gasteiger partial charge is 0.225 e. The standard InChI is InChI=1S/C16H31N3O2/c1-3-5-14(13-17)18-8-10-19(11-9-18)15(20)12-16(21-2)6-4-7-16/h14H,3-13,17H2,1-2H3. The second kappa shape index (κ2) is 7.56. The predicted molar refractivity (Wildman–Crippen MR) is 84.1 cm³/mol. The third-order valence-corrected chi connectivity index (χ3v) is 5.25. The van der Waals surface area contributed by atoms with E-state index < -0.39 is 0 Å². The Labute approximate surface area is 128 Å². The van der Waals surface area contributed by atoms with Crippen LogP contribution in [0.5, 0.6) is 0 Å². The maximum atomic E-state index is 12.4. The largest absolute Gasteiger partial charge is 0.378 e. The third kappa shape index (κ3) is 3.96. The van der Waals surface area contributed by atoms with E-state index in [1.54, 1.807) is 7.11 Å². The van der Waals surface area contributed by atoms with Crippen LogP contribution in [0.3, 0.4) is 0 Å². The monoisotopic (exact) mass is 297 g/mol. The SMILES string of the molecule is CCCC(CN)N1CCN(C(=O)CC2(OC)CCC2)CC1. The molecule has 5 nitrogen and oxygen atoms in total. The summed E-state index contributed by atoms with van der Waals surface area (Å²) in [6.45, 7) is 6.48. The number of piperazine rings is 1. The number of hydrogen-bond acceptors (Lipinski definition) is 4. The average Bonchev–Trinajstić information content (AvgIpc) is 2.48. The summed E-state index contributed by atoms with van der Waals surface area (Å²) in [4.78, 5) is 16.9. The third-order valence-electron chi connectivity index (χ3n) is 5.25. The summed E-state index contributed by atoms with van der Waals surface area (Å²) in [5.41, 5.74) is 5.72. The average molecular weight is 297 g/mol. The van der Waals surface area contributed by atoms with Gasteiger partial charge >= 0.3 is 0 Å². The molecule has 1 atom stereocenters. The van der Waals surface area contributed by atoms with Crippen LogP contribution in [0.25, 0.3) is 0 Å². The Morgan fingerprint density at radius 2 is 1.95 bits per heavy atom.